The average molecular weight is 381 g/mol. The summed E-state index contributed by atoms with van der Waals surface area (Å²) in [5.41, 5.74) is 1.84. The molecule has 0 atom stereocenters. The Balaban J connectivity index is 1.90. The smallest absolute Gasteiger partial charge is 0.339 e. The van der Waals surface area contributed by atoms with Crippen LogP contribution in [0.5, 0.6) is 0 Å². The number of esters is 1. The minimum atomic E-state index is -0.759. The first-order valence-electron chi connectivity index (χ1n) is 8.32. The van der Waals surface area contributed by atoms with Gasteiger partial charge in [0.05, 0.1) is 16.8 Å². The first kappa shape index (κ1) is 19.0. The lowest BCUT2D eigenvalue weighted by atomic mass is 10.0. The third-order valence-electron chi connectivity index (χ3n) is 3.89. The number of amides is 3. The Labute approximate surface area is 159 Å². The van der Waals surface area contributed by atoms with Gasteiger partial charge in [-0.1, -0.05) is 18.2 Å². The van der Waals surface area contributed by atoms with Crippen LogP contribution in [0.3, 0.4) is 0 Å². The fraction of sp³-hybridized carbons (Fsp3) is 0.100. The summed E-state index contributed by atoms with van der Waals surface area (Å²) in [4.78, 5) is 39.8. The predicted molar refractivity (Wildman–Crippen MR) is 100 cm³/mol. The molecule has 8 heteroatoms. The van der Waals surface area contributed by atoms with Crippen LogP contribution in [0.1, 0.15) is 10.4 Å². The molecule has 2 aromatic carbocycles. The predicted octanol–water partition coefficient (Wildman–Crippen LogP) is 2.65. The molecule has 0 saturated heterocycles. The van der Waals surface area contributed by atoms with Crippen molar-refractivity contribution in [3.63, 3.8) is 0 Å². The first-order chi connectivity index (χ1) is 13.5. The number of fused-ring (bicyclic) bond motifs is 1. The second-order valence-electron chi connectivity index (χ2n) is 5.78. The van der Waals surface area contributed by atoms with E-state index in [0.717, 1.165) is 0 Å². The summed E-state index contributed by atoms with van der Waals surface area (Å²) in [6.07, 6.45) is 0. The van der Waals surface area contributed by atoms with Crippen molar-refractivity contribution in [1.82, 2.24) is 15.6 Å². The number of hydrogen-bond acceptors (Lipinski definition) is 5. The van der Waals surface area contributed by atoms with Crippen LogP contribution in [0.2, 0.25) is 0 Å². The minimum Gasteiger partial charge on any atom is -0.452 e. The average Bonchev–Trinajstić information content (AvgIpc) is 2.71. The standard InChI is InChI=1S/C20H16FN3O4/c1-22-20(27)24-18(25)11-28-19(26)15-10-17(12-6-8-13(21)9-7-12)23-16-5-3-2-4-14(15)16/h2-10H,11H2,1H3,(H2,22,24,25,27). The van der Waals surface area contributed by atoms with Crippen molar-refractivity contribution in [3.8, 4) is 11.3 Å². The molecule has 2 N–H and O–H groups in total. The molecule has 3 amide bonds. The third-order valence-corrected chi connectivity index (χ3v) is 3.89. The molecule has 0 bridgehead atoms. The molecule has 1 heterocycles. The summed E-state index contributed by atoms with van der Waals surface area (Å²) in [6.45, 7) is -0.616. The number of carbonyl (C=O) groups is 3. The molecule has 28 heavy (non-hydrogen) atoms. The van der Waals surface area contributed by atoms with Gasteiger partial charge in [-0.05, 0) is 36.4 Å². The van der Waals surface area contributed by atoms with Gasteiger partial charge >= 0.3 is 12.0 Å². The lowest BCUT2D eigenvalue weighted by Crippen LogP contribution is -2.39. The number of carbonyl (C=O) groups excluding carboxylic acids is 3. The number of pyridine rings is 1. The zero-order valence-corrected chi connectivity index (χ0v) is 14.9. The number of nitrogens with one attached hydrogen (secondary N) is 2. The Morgan fingerprint density at radius 3 is 2.50 bits per heavy atom. The molecule has 3 rings (SSSR count). The maximum absolute atomic E-state index is 13.2. The summed E-state index contributed by atoms with van der Waals surface area (Å²) in [5, 5.41) is 4.77. The molecule has 7 nitrogen and oxygen atoms in total. The van der Waals surface area contributed by atoms with Gasteiger partial charge in [0.25, 0.3) is 5.91 Å². The molecule has 0 unspecified atom stereocenters. The number of para-hydroxylation sites is 1. The highest BCUT2D eigenvalue weighted by Gasteiger charge is 2.17. The quantitative estimate of drug-likeness (QED) is 0.677. The van der Waals surface area contributed by atoms with E-state index in [1.54, 1.807) is 36.4 Å². The van der Waals surface area contributed by atoms with E-state index in [-0.39, 0.29) is 11.4 Å². The molecule has 0 radical (unpaired) electrons. The molecule has 0 spiro atoms. The number of rotatable bonds is 4. The number of halogens is 1. The van der Waals surface area contributed by atoms with Crippen LogP contribution < -0.4 is 10.6 Å². The minimum absolute atomic E-state index is 0.206. The molecule has 0 aliphatic heterocycles. The number of nitrogens with zero attached hydrogens (tertiary/aromatic N) is 1. The highest BCUT2D eigenvalue weighted by molar-refractivity contribution is 6.05. The maximum atomic E-state index is 13.2. The molecule has 0 fully saturated rings. The van der Waals surface area contributed by atoms with Crippen molar-refractivity contribution < 1.29 is 23.5 Å². The molecule has 0 saturated carbocycles. The Bertz CT molecular complexity index is 1050. The van der Waals surface area contributed by atoms with Crippen molar-refractivity contribution in [1.29, 1.82) is 0 Å². The van der Waals surface area contributed by atoms with Crippen LogP contribution in [-0.4, -0.2) is 36.5 Å². The second kappa shape index (κ2) is 8.26. The molecule has 0 aliphatic rings. The fourth-order valence-electron chi connectivity index (χ4n) is 2.55. The van der Waals surface area contributed by atoms with Gasteiger partial charge in [-0.25, -0.2) is 19.0 Å². The zero-order chi connectivity index (χ0) is 20.1. The van der Waals surface area contributed by atoms with Crippen LogP contribution in [-0.2, 0) is 9.53 Å². The number of urea groups is 1. The van der Waals surface area contributed by atoms with Gasteiger partial charge in [0.15, 0.2) is 6.61 Å². The highest BCUT2D eigenvalue weighted by Crippen LogP contribution is 2.25. The topological polar surface area (TPSA) is 97.4 Å². The summed E-state index contributed by atoms with van der Waals surface area (Å²) in [5.74, 6) is -1.88. The number of imide groups is 1. The maximum Gasteiger partial charge on any atom is 0.339 e. The monoisotopic (exact) mass is 381 g/mol. The number of aromatic nitrogens is 1. The second-order valence-corrected chi connectivity index (χ2v) is 5.78. The van der Waals surface area contributed by atoms with E-state index in [2.05, 4.69) is 10.3 Å². The normalized spacial score (nSPS) is 10.4. The van der Waals surface area contributed by atoms with E-state index >= 15 is 0 Å². The number of benzene rings is 2. The van der Waals surface area contributed by atoms with Gasteiger partial charge < -0.3 is 10.1 Å². The molecule has 3 aromatic rings. The fourth-order valence-corrected chi connectivity index (χ4v) is 2.55. The summed E-state index contributed by atoms with van der Waals surface area (Å²) in [6, 6.07) is 13.5. The van der Waals surface area contributed by atoms with Crippen LogP contribution >= 0.6 is 0 Å². The third kappa shape index (κ3) is 4.29. The highest BCUT2D eigenvalue weighted by atomic mass is 19.1. The van der Waals surface area contributed by atoms with Gasteiger partial charge in [-0.3, -0.25) is 10.1 Å². The van der Waals surface area contributed by atoms with Crippen LogP contribution in [0.25, 0.3) is 22.2 Å². The van der Waals surface area contributed by atoms with E-state index in [1.165, 1.54) is 25.2 Å². The summed E-state index contributed by atoms with van der Waals surface area (Å²) >= 11 is 0. The first-order valence-corrected chi connectivity index (χ1v) is 8.32. The van der Waals surface area contributed by atoms with Gasteiger partial charge in [0, 0.05) is 18.0 Å². The van der Waals surface area contributed by atoms with Crippen LogP contribution in [0.4, 0.5) is 9.18 Å². The van der Waals surface area contributed by atoms with E-state index in [0.29, 0.717) is 22.2 Å². The SMILES string of the molecule is CNC(=O)NC(=O)COC(=O)c1cc(-c2ccc(F)cc2)nc2ccccc12. The van der Waals surface area contributed by atoms with Gasteiger partial charge in [0.1, 0.15) is 5.82 Å². The molecule has 142 valence electrons. The van der Waals surface area contributed by atoms with Gasteiger partial charge in [0.2, 0.25) is 0 Å². The lowest BCUT2D eigenvalue weighted by Gasteiger charge is -2.10. The molecule has 1 aromatic heterocycles. The molecular formula is C20H16FN3O4. The zero-order valence-electron chi connectivity index (χ0n) is 14.9. The van der Waals surface area contributed by atoms with Crippen molar-refractivity contribution in [3.05, 3.63) is 66.0 Å². The van der Waals surface area contributed by atoms with E-state index in [4.69, 9.17) is 4.74 Å². The van der Waals surface area contributed by atoms with Crippen molar-refractivity contribution in [2.45, 2.75) is 0 Å². The van der Waals surface area contributed by atoms with Crippen LogP contribution in [0, 0.1) is 5.82 Å². The van der Waals surface area contributed by atoms with Crippen molar-refractivity contribution >= 4 is 28.8 Å². The van der Waals surface area contributed by atoms with E-state index in [1.807, 2.05) is 5.32 Å². The summed E-state index contributed by atoms with van der Waals surface area (Å²) < 4.78 is 18.2. The number of hydrogen-bond donors (Lipinski definition) is 2. The molecular weight excluding hydrogens is 365 g/mol. The molecule has 0 aliphatic carbocycles. The Morgan fingerprint density at radius 1 is 1.07 bits per heavy atom. The lowest BCUT2D eigenvalue weighted by molar-refractivity contribution is -0.123. The largest absolute Gasteiger partial charge is 0.452 e. The van der Waals surface area contributed by atoms with Gasteiger partial charge in [-0.15, -0.1) is 0 Å². The van der Waals surface area contributed by atoms with Gasteiger partial charge in [-0.2, -0.15) is 0 Å². The Morgan fingerprint density at radius 2 is 1.79 bits per heavy atom. The van der Waals surface area contributed by atoms with E-state index < -0.39 is 24.5 Å². The summed E-state index contributed by atoms with van der Waals surface area (Å²) in [7, 11) is 1.36. The van der Waals surface area contributed by atoms with Crippen molar-refractivity contribution in [2.75, 3.05) is 13.7 Å². The Kier molecular flexibility index (Phi) is 5.59. The Hall–Kier alpha value is -3.81. The van der Waals surface area contributed by atoms with Crippen LogP contribution in [0.15, 0.2) is 54.6 Å². The van der Waals surface area contributed by atoms with Crippen molar-refractivity contribution in [2.24, 2.45) is 0 Å². The number of ether oxygens (including phenoxy) is 1. The van der Waals surface area contributed by atoms with E-state index in [9.17, 15) is 18.8 Å².